The van der Waals surface area contributed by atoms with Gasteiger partial charge in [-0.2, -0.15) is 4.98 Å². The molecule has 144 valence electrons. The number of hydrogen-bond acceptors (Lipinski definition) is 6. The number of piperidine rings is 1. The van der Waals surface area contributed by atoms with Crippen molar-refractivity contribution in [3.05, 3.63) is 54.6 Å². The van der Waals surface area contributed by atoms with E-state index in [4.69, 9.17) is 5.73 Å². The van der Waals surface area contributed by atoms with Crippen molar-refractivity contribution < 1.29 is 5.11 Å². The predicted octanol–water partition coefficient (Wildman–Crippen LogP) is 2.49. The summed E-state index contributed by atoms with van der Waals surface area (Å²) in [6.45, 7) is 1.74. The molecule has 2 aliphatic rings. The van der Waals surface area contributed by atoms with Gasteiger partial charge in [-0.1, -0.05) is 24.3 Å². The molecule has 3 N–H and O–H groups in total. The maximum atomic E-state index is 11.0. The average molecular weight is 376 g/mol. The molecule has 1 fully saturated rings. The third kappa shape index (κ3) is 2.92. The maximum Gasteiger partial charge on any atom is 0.221 e. The number of fused-ring (bicyclic) bond motifs is 3. The van der Waals surface area contributed by atoms with E-state index >= 15 is 0 Å². The number of benzene rings is 1. The lowest BCUT2D eigenvalue weighted by Gasteiger charge is -2.35. The van der Waals surface area contributed by atoms with Gasteiger partial charge in [0.2, 0.25) is 5.95 Å². The fourth-order valence-electron chi connectivity index (χ4n) is 4.65. The topological polar surface area (TPSA) is 93.1 Å². The minimum atomic E-state index is -0.343. The van der Waals surface area contributed by atoms with Crippen LogP contribution >= 0.6 is 0 Å². The zero-order valence-electron chi connectivity index (χ0n) is 15.6. The Morgan fingerprint density at radius 3 is 2.82 bits per heavy atom. The van der Waals surface area contributed by atoms with E-state index in [1.54, 1.807) is 6.20 Å². The van der Waals surface area contributed by atoms with Crippen molar-refractivity contribution in [2.75, 3.05) is 23.7 Å². The van der Waals surface area contributed by atoms with E-state index in [1.807, 2.05) is 18.6 Å². The zero-order valence-corrected chi connectivity index (χ0v) is 15.6. The summed E-state index contributed by atoms with van der Waals surface area (Å²) < 4.78 is 2.20. The third-order valence-corrected chi connectivity index (χ3v) is 6.13. The van der Waals surface area contributed by atoms with Crippen LogP contribution in [0.25, 0.3) is 11.3 Å². The molecule has 3 aromatic rings. The minimum absolute atomic E-state index is 0.156. The second-order valence-electron chi connectivity index (χ2n) is 7.69. The largest absolute Gasteiger partial charge is 0.393 e. The Morgan fingerprint density at radius 2 is 2.00 bits per heavy atom. The van der Waals surface area contributed by atoms with E-state index in [-0.39, 0.29) is 18.1 Å². The molecule has 2 aromatic heterocycles. The first kappa shape index (κ1) is 17.2. The molecule has 28 heavy (non-hydrogen) atoms. The number of aromatic nitrogens is 4. The summed E-state index contributed by atoms with van der Waals surface area (Å²) in [5.74, 6) is 1.46. The van der Waals surface area contributed by atoms with E-state index in [9.17, 15) is 5.11 Å². The Labute approximate surface area is 163 Å². The number of anilines is 2. The quantitative estimate of drug-likeness (QED) is 0.727. The van der Waals surface area contributed by atoms with Crippen LogP contribution in [-0.4, -0.2) is 43.8 Å². The number of aliphatic hydroxyl groups is 1. The van der Waals surface area contributed by atoms with Gasteiger partial charge in [0, 0.05) is 24.8 Å². The van der Waals surface area contributed by atoms with Gasteiger partial charge in [-0.25, -0.2) is 9.97 Å². The molecule has 2 atom stereocenters. The molecule has 0 radical (unpaired) electrons. The highest BCUT2D eigenvalue weighted by Gasteiger charge is 2.33. The first-order valence-electron chi connectivity index (χ1n) is 9.83. The molecule has 0 aliphatic carbocycles. The van der Waals surface area contributed by atoms with Gasteiger partial charge >= 0.3 is 0 Å². The van der Waals surface area contributed by atoms with Crippen LogP contribution in [0.2, 0.25) is 0 Å². The first-order chi connectivity index (χ1) is 13.7. The molecule has 7 nitrogen and oxygen atoms in total. The number of aliphatic hydroxyl groups excluding tert-OH is 1. The molecule has 1 saturated heterocycles. The monoisotopic (exact) mass is 376 g/mol. The molecule has 0 amide bonds. The molecule has 0 bridgehead atoms. The van der Waals surface area contributed by atoms with Gasteiger partial charge in [0.1, 0.15) is 5.82 Å². The number of hydrogen-bond donors (Lipinski definition) is 2. The lowest BCUT2D eigenvalue weighted by Crippen LogP contribution is -2.39. The van der Waals surface area contributed by atoms with Gasteiger partial charge in [0.05, 0.1) is 30.4 Å². The van der Waals surface area contributed by atoms with Crippen LogP contribution in [0.15, 0.2) is 49.1 Å². The number of nitrogens with two attached hydrogens (primary N) is 1. The maximum absolute atomic E-state index is 11.0. The molecule has 7 heteroatoms. The third-order valence-electron chi connectivity index (χ3n) is 6.13. The van der Waals surface area contributed by atoms with Crippen LogP contribution in [0.3, 0.4) is 0 Å². The highest BCUT2D eigenvalue weighted by Crippen LogP contribution is 2.42. The van der Waals surface area contributed by atoms with Crippen molar-refractivity contribution in [2.45, 2.75) is 31.4 Å². The van der Waals surface area contributed by atoms with E-state index in [0.717, 1.165) is 37.4 Å². The molecule has 1 aromatic carbocycles. The van der Waals surface area contributed by atoms with E-state index < -0.39 is 0 Å². The molecule has 2 unspecified atom stereocenters. The molecular weight excluding hydrogens is 352 g/mol. The first-order valence-corrected chi connectivity index (χ1v) is 9.83. The van der Waals surface area contributed by atoms with Crippen LogP contribution in [0.5, 0.6) is 0 Å². The fourth-order valence-corrected chi connectivity index (χ4v) is 4.65. The second kappa shape index (κ2) is 6.91. The summed E-state index contributed by atoms with van der Waals surface area (Å²) in [6.07, 6.45) is 7.74. The minimum Gasteiger partial charge on any atom is -0.393 e. The summed E-state index contributed by atoms with van der Waals surface area (Å²) >= 11 is 0. The average Bonchev–Trinajstić information content (AvgIpc) is 3.31. The van der Waals surface area contributed by atoms with Crippen molar-refractivity contribution >= 4 is 11.8 Å². The molecule has 5 rings (SSSR count). The van der Waals surface area contributed by atoms with Crippen LogP contribution in [0.4, 0.5) is 11.8 Å². The number of rotatable bonds is 4. The van der Waals surface area contributed by atoms with Crippen LogP contribution < -0.4 is 10.6 Å². The van der Waals surface area contributed by atoms with Gasteiger partial charge in [-0.05, 0) is 36.8 Å². The Morgan fingerprint density at radius 1 is 1.18 bits per heavy atom. The number of nitrogen functional groups attached to an aromatic ring is 1. The summed E-state index contributed by atoms with van der Waals surface area (Å²) in [5, 5.41) is 11.0. The normalized spacial score (nSPS) is 20.0. The molecule has 2 aliphatic heterocycles. The van der Waals surface area contributed by atoms with Crippen molar-refractivity contribution in [2.24, 2.45) is 5.92 Å². The van der Waals surface area contributed by atoms with Gasteiger partial charge in [-0.3, -0.25) is 0 Å². The van der Waals surface area contributed by atoms with Gasteiger partial charge in [0.25, 0.3) is 0 Å². The Balaban J connectivity index is 1.27. The van der Waals surface area contributed by atoms with E-state index in [2.05, 4.69) is 48.7 Å². The summed E-state index contributed by atoms with van der Waals surface area (Å²) in [5.41, 5.74) is 9.36. The lowest BCUT2D eigenvalue weighted by atomic mass is 9.86. The molecule has 0 spiro atoms. The predicted molar refractivity (Wildman–Crippen MR) is 108 cm³/mol. The SMILES string of the molecule is Nc1nccc(N2CCC(C(O)CC3c4ccccc4-c4cncn43)CC2)n1. The smallest absolute Gasteiger partial charge is 0.221 e. The van der Waals surface area contributed by atoms with Crippen molar-refractivity contribution in [1.82, 2.24) is 19.5 Å². The summed E-state index contributed by atoms with van der Waals surface area (Å²) in [7, 11) is 0. The van der Waals surface area contributed by atoms with Gasteiger partial charge in [-0.15, -0.1) is 0 Å². The van der Waals surface area contributed by atoms with E-state index in [1.165, 1.54) is 11.1 Å². The highest BCUT2D eigenvalue weighted by atomic mass is 16.3. The summed E-state index contributed by atoms with van der Waals surface area (Å²) in [6, 6.07) is 10.5. The van der Waals surface area contributed by atoms with Crippen molar-refractivity contribution in [3.8, 4) is 11.3 Å². The summed E-state index contributed by atoms with van der Waals surface area (Å²) in [4.78, 5) is 14.8. The van der Waals surface area contributed by atoms with E-state index in [0.29, 0.717) is 12.4 Å². The number of imidazole rings is 1. The molecule has 0 saturated carbocycles. The zero-order chi connectivity index (χ0) is 19.1. The van der Waals surface area contributed by atoms with Crippen LogP contribution in [-0.2, 0) is 0 Å². The lowest BCUT2D eigenvalue weighted by molar-refractivity contribution is 0.0756. The molecular formula is C21H24N6O. The van der Waals surface area contributed by atoms with Gasteiger partial charge in [0.15, 0.2) is 0 Å². The Bertz CT molecular complexity index is 978. The highest BCUT2D eigenvalue weighted by molar-refractivity contribution is 5.68. The standard InChI is InChI=1S/C21H24N6O/c22-21-24-8-5-20(25-21)26-9-6-14(7-10-26)19(28)11-17-15-3-1-2-4-16(15)18-12-23-13-27(17)18/h1-5,8,12-14,17,19,28H,6-7,9-11H2,(H2,22,24,25). The Kier molecular flexibility index (Phi) is 4.24. The second-order valence-corrected chi connectivity index (χ2v) is 7.69. The van der Waals surface area contributed by atoms with Crippen LogP contribution in [0.1, 0.15) is 30.9 Å². The molecule has 4 heterocycles. The Hall–Kier alpha value is -2.93. The van der Waals surface area contributed by atoms with Crippen molar-refractivity contribution in [3.63, 3.8) is 0 Å². The van der Waals surface area contributed by atoms with Gasteiger partial charge < -0.3 is 20.3 Å². The van der Waals surface area contributed by atoms with Crippen molar-refractivity contribution in [1.29, 1.82) is 0 Å². The van der Waals surface area contributed by atoms with Crippen LogP contribution in [0, 0.1) is 5.92 Å². The number of nitrogens with zero attached hydrogens (tertiary/aromatic N) is 5. The fraction of sp³-hybridized carbons (Fsp3) is 0.381.